The SMILES string of the molecule is COCc1nc(COc2cc(C)cc(C)c2)sc1CC#N. The van der Waals surface area contributed by atoms with E-state index in [0.29, 0.717) is 19.6 Å². The Hall–Kier alpha value is -1.90. The van der Waals surface area contributed by atoms with Gasteiger partial charge in [-0.3, -0.25) is 0 Å². The maximum Gasteiger partial charge on any atom is 0.140 e. The van der Waals surface area contributed by atoms with Crippen LogP contribution in [0.1, 0.15) is 26.7 Å². The molecule has 0 unspecified atom stereocenters. The molecule has 1 heterocycles. The Morgan fingerprint density at radius 2 is 1.90 bits per heavy atom. The number of rotatable bonds is 6. The van der Waals surface area contributed by atoms with Crippen LogP contribution in [0, 0.1) is 25.2 Å². The van der Waals surface area contributed by atoms with E-state index < -0.39 is 0 Å². The van der Waals surface area contributed by atoms with Gasteiger partial charge in [0.2, 0.25) is 0 Å². The predicted octanol–water partition coefficient (Wildman–Crippen LogP) is 3.55. The summed E-state index contributed by atoms with van der Waals surface area (Å²) in [6, 6.07) is 8.28. The molecule has 0 aliphatic heterocycles. The number of nitriles is 1. The molecule has 0 saturated carbocycles. The Bertz CT molecular complexity index is 639. The van der Waals surface area contributed by atoms with Crippen LogP contribution >= 0.6 is 11.3 Å². The summed E-state index contributed by atoms with van der Waals surface area (Å²) in [6.07, 6.45) is 0.361. The number of ether oxygens (including phenoxy) is 2. The van der Waals surface area contributed by atoms with E-state index in [2.05, 4.69) is 17.1 Å². The molecule has 0 atom stereocenters. The topological polar surface area (TPSA) is 55.1 Å². The molecular formula is C16H18N2O2S. The molecule has 0 aliphatic carbocycles. The third-order valence-corrected chi connectivity index (χ3v) is 3.97. The van der Waals surface area contributed by atoms with Gasteiger partial charge < -0.3 is 9.47 Å². The molecule has 0 spiro atoms. The molecule has 21 heavy (non-hydrogen) atoms. The van der Waals surface area contributed by atoms with Gasteiger partial charge in [-0.25, -0.2) is 4.98 Å². The predicted molar refractivity (Wildman–Crippen MR) is 82.4 cm³/mol. The summed E-state index contributed by atoms with van der Waals surface area (Å²) in [4.78, 5) is 5.45. The van der Waals surface area contributed by atoms with Crippen LogP contribution in [-0.2, 0) is 24.4 Å². The van der Waals surface area contributed by atoms with Crippen LogP contribution in [-0.4, -0.2) is 12.1 Å². The third kappa shape index (κ3) is 4.28. The minimum absolute atomic E-state index is 0.361. The second-order valence-corrected chi connectivity index (χ2v) is 6.03. The van der Waals surface area contributed by atoms with Crippen LogP contribution in [0.4, 0.5) is 0 Å². The number of benzene rings is 1. The molecular weight excluding hydrogens is 284 g/mol. The van der Waals surface area contributed by atoms with Crippen LogP contribution in [0.15, 0.2) is 18.2 Å². The molecule has 0 saturated heterocycles. The molecule has 0 aliphatic rings. The first-order valence-corrected chi connectivity index (χ1v) is 7.48. The minimum Gasteiger partial charge on any atom is -0.486 e. The van der Waals surface area contributed by atoms with Gasteiger partial charge in [0.25, 0.3) is 0 Å². The lowest BCUT2D eigenvalue weighted by molar-refractivity contribution is 0.181. The van der Waals surface area contributed by atoms with E-state index in [1.165, 1.54) is 22.5 Å². The lowest BCUT2D eigenvalue weighted by Gasteiger charge is -2.06. The van der Waals surface area contributed by atoms with Crippen molar-refractivity contribution in [3.63, 3.8) is 0 Å². The highest BCUT2D eigenvalue weighted by molar-refractivity contribution is 7.11. The van der Waals surface area contributed by atoms with Crippen LogP contribution in [0.5, 0.6) is 5.75 Å². The Balaban J connectivity index is 2.09. The third-order valence-electron chi connectivity index (χ3n) is 2.90. The first-order chi connectivity index (χ1) is 10.1. The molecule has 2 rings (SSSR count). The second-order valence-electron chi connectivity index (χ2n) is 4.86. The highest BCUT2D eigenvalue weighted by Gasteiger charge is 2.11. The highest BCUT2D eigenvalue weighted by atomic mass is 32.1. The first kappa shape index (κ1) is 15.5. The largest absolute Gasteiger partial charge is 0.486 e. The van der Waals surface area contributed by atoms with Gasteiger partial charge >= 0.3 is 0 Å². The Morgan fingerprint density at radius 1 is 1.19 bits per heavy atom. The molecule has 0 fully saturated rings. The van der Waals surface area contributed by atoms with Gasteiger partial charge in [-0.15, -0.1) is 11.3 Å². The van der Waals surface area contributed by atoms with Crippen molar-refractivity contribution in [2.75, 3.05) is 7.11 Å². The monoisotopic (exact) mass is 302 g/mol. The Kier molecular flexibility index (Phi) is 5.32. The fourth-order valence-electron chi connectivity index (χ4n) is 2.12. The molecule has 0 bridgehead atoms. The smallest absolute Gasteiger partial charge is 0.140 e. The number of aromatic nitrogens is 1. The Labute approximate surface area is 129 Å². The molecule has 5 heteroatoms. The summed E-state index contributed by atoms with van der Waals surface area (Å²) in [5.41, 5.74) is 3.19. The van der Waals surface area contributed by atoms with Gasteiger partial charge in [-0.1, -0.05) is 6.07 Å². The number of methoxy groups -OCH3 is 1. The van der Waals surface area contributed by atoms with Crippen molar-refractivity contribution in [2.45, 2.75) is 33.5 Å². The molecule has 110 valence electrons. The van der Waals surface area contributed by atoms with Gasteiger partial charge in [0.15, 0.2) is 0 Å². The van der Waals surface area contributed by atoms with Crippen molar-refractivity contribution in [1.29, 1.82) is 5.26 Å². The molecule has 4 nitrogen and oxygen atoms in total. The number of nitrogens with zero attached hydrogens (tertiary/aromatic N) is 2. The maximum atomic E-state index is 8.85. The summed E-state index contributed by atoms with van der Waals surface area (Å²) in [7, 11) is 1.63. The number of hydrogen-bond donors (Lipinski definition) is 0. The van der Waals surface area contributed by atoms with E-state index in [1.54, 1.807) is 7.11 Å². The van der Waals surface area contributed by atoms with E-state index in [-0.39, 0.29) is 0 Å². The second kappa shape index (κ2) is 7.21. The highest BCUT2D eigenvalue weighted by Crippen LogP contribution is 2.23. The van der Waals surface area contributed by atoms with E-state index >= 15 is 0 Å². The summed E-state index contributed by atoms with van der Waals surface area (Å²) >= 11 is 1.51. The van der Waals surface area contributed by atoms with Crippen molar-refractivity contribution in [2.24, 2.45) is 0 Å². The standard InChI is InChI=1S/C16H18N2O2S/c1-11-6-12(2)8-13(7-11)20-10-16-18-14(9-19-3)15(21-16)4-5-17/h6-8H,4,9-10H2,1-3H3. The molecule has 0 radical (unpaired) electrons. The number of thiazole rings is 1. The van der Waals surface area contributed by atoms with Crippen LogP contribution < -0.4 is 4.74 Å². The van der Waals surface area contributed by atoms with Crippen molar-refractivity contribution >= 4 is 11.3 Å². The Morgan fingerprint density at radius 3 is 2.52 bits per heavy atom. The lowest BCUT2D eigenvalue weighted by atomic mass is 10.1. The average molecular weight is 302 g/mol. The van der Waals surface area contributed by atoms with Crippen LogP contribution in [0.25, 0.3) is 0 Å². The van der Waals surface area contributed by atoms with E-state index in [0.717, 1.165) is 21.3 Å². The number of aryl methyl sites for hydroxylation is 2. The zero-order valence-electron chi connectivity index (χ0n) is 12.5. The molecule has 0 N–H and O–H groups in total. The zero-order chi connectivity index (χ0) is 15.2. The minimum atomic E-state index is 0.361. The van der Waals surface area contributed by atoms with Gasteiger partial charge in [-0.2, -0.15) is 5.26 Å². The van der Waals surface area contributed by atoms with E-state index in [4.69, 9.17) is 14.7 Å². The van der Waals surface area contributed by atoms with Crippen molar-refractivity contribution in [3.05, 3.63) is 44.9 Å². The van der Waals surface area contributed by atoms with E-state index in [1.807, 2.05) is 26.0 Å². The normalized spacial score (nSPS) is 10.4. The first-order valence-electron chi connectivity index (χ1n) is 6.67. The summed E-state index contributed by atoms with van der Waals surface area (Å²) in [5, 5.41) is 9.71. The van der Waals surface area contributed by atoms with Gasteiger partial charge in [0, 0.05) is 12.0 Å². The fourth-order valence-corrected chi connectivity index (χ4v) is 3.04. The van der Waals surface area contributed by atoms with Gasteiger partial charge in [0.05, 0.1) is 24.8 Å². The lowest BCUT2D eigenvalue weighted by Crippen LogP contribution is -1.97. The fraction of sp³-hybridized carbons (Fsp3) is 0.375. The average Bonchev–Trinajstić information content (AvgIpc) is 2.79. The molecule has 2 aromatic rings. The van der Waals surface area contributed by atoms with Crippen molar-refractivity contribution < 1.29 is 9.47 Å². The van der Waals surface area contributed by atoms with Crippen LogP contribution in [0.2, 0.25) is 0 Å². The molecule has 1 aromatic carbocycles. The summed E-state index contributed by atoms with van der Waals surface area (Å²) in [5.74, 6) is 0.845. The number of hydrogen-bond acceptors (Lipinski definition) is 5. The van der Waals surface area contributed by atoms with Crippen molar-refractivity contribution in [1.82, 2.24) is 4.98 Å². The van der Waals surface area contributed by atoms with E-state index in [9.17, 15) is 0 Å². The zero-order valence-corrected chi connectivity index (χ0v) is 13.3. The molecule has 1 aromatic heterocycles. The van der Waals surface area contributed by atoms with Crippen LogP contribution in [0.3, 0.4) is 0 Å². The summed E-state index contributed by atoms with van der Waals surface area (Å²) in [6.45, 7) is 4.93. The van der Waals surface area contributed by atoms with Gasteiger partial charge in [-0.05, 0) is 37.1 Å². The molecule has 0 amide bonds. The maximum absolute atomic E-state index is 8.85. The van der Waals surface area contributed by atoms with Crippen molar-refractivity contribution in [3.8, 4) is 11.8 Å². The summed E-state index contributed by atoms with van der Waals surface area (Å²) < 4.78 is 10.9. The quantitative estimate of drug-likeness (QED) is 0.819. The van der Waals surface area contributed by atoms with Gasteiger partial charge in [0.1, 0.15) is 17.4 Å².